The third kappa shape index (κ3) is 5.92. The molecule has 0 saturated heterocycles. The molecule has 3 nitrogen and oxygen atoms in total. The third-order valence-electron chi connectivity index (χ3n) is 3.76. The first kappa shape index (κ1) is 20.0. The van der Waals surface area contributed by atoms with Crippen molar-refractivity contribution in [3.8, 4) is 0 Å². The Balaban J connectivity index is 0.00000243. The summed E-state index contributed by atoms with van der Waals surface area (Å²) in [5.41, 5.74) is 2.57. The summed E-state index contributed by atoms with van der Waals surface area (Å²) < 4.78 is 11.6. The lowest BCUT2D eigenvalue weighted by molar-refractivity contribution is -0.128. The van der Waals surface area contributed by atoms with Gasteiger partial charge in [0.25, 0.3) is 0 Å². The Morgan fingerprint density at radius 2 is 1.04 bits per heavy atom. The van der Waals surface area contributed by atoms with Crippen molar-refractivity contribution in [2.24, 2.45) is 0 Å². The SMILES string of the molecule is Br.O=C(c1ccccc1)C(OCc1ccccc1)OCc1ccccc1. The van der Waals surface area contributed by atoms with Gasteiger partial charge in [-0.05, 0) is 11.1 Å². The summed E-state index contributed by atoms with van der Waals surface area (Å²) in [5, 5.41) is 0. The van der Waals surface area contributed by atoms with E-state index in [0.29, 0.717) is 18.8 Å². The van der Waals surface area contributed by atoms with Gasteiger partial charge in [-0.25, -0.2) is 0 Å². The molecule has 0 amide bonds. The lowest BCUT2D eigenvalue weighted by Gasteiger charge is -2.18. The maximum absolute atomic E-state index is 12.7. The van der Waals surface area contributed by atoms with Crippen LogP contribution in [0, 0.1) is 0 Å². The van der Waals surface area contributed by atoms with Crippen molar-refractivity contribution in [2.45, 2.75) is 19.5 Å². The highest BCUT2D eigenvalue weighted by Gasteiger charge is 2.21. The van der Waals surface area contributed by atoms with Crippen LogP contribution in [0.3, 0.4) is 0 Å². The summed E-state index contributed by atoms with van der Waals surface area (Å²) in [7, 11) is 0. The molecule has 3 aromatic carbocycles. The number of benzene rings is 3. The van der Waals surface area contributed by atoms with Crippen molar-refractivity contribution in [2.75, 3.05) is 0 Å². The van der Waals surface area contributed by atoms with Crippen LogP contribution in [0.25, 0.3) is 0 Å². The molecule has 0 bridgehead atoms. The zero-order valence-corrected chi connectivity index (χ0v) is 16.0. The second-order valence-corrected chi connectivity index (χ2v) is 5.66. The minimum Gasteiger partial charge on any atom is -0.341 e. The van der Waals surface area contributed by atoms with Crippen molar-refractivity contribution in [1.29, 1.82) is 0 Å². The van der Waals surface area contributed by atoms with Gasteiger partial charge in [0.2, 0.25) is 12.1 Å². The van der Waals surface area contributed by atoms with Crippen molar-refractivity contribution in [3.05, 3.63) is 108 Å². The highest BCUT2D eigenvalue weighted by molar-refractivity contribution is 8.93. The van der Waals surface area contributed by atoms with E-state index in [4.69, 9.17) is 9.47 Å². The second-order valence-electron chi connectivity index (χ2n) is 5.66. The predicted molar refractivity (Wildman–Crippen MR) is 107 cm³/mol. The monoisotopic (exact) mass is 412 g/mol. The van der Waals surface area contributed by atoms with Gasteiger partial charge in [-0.2, -0.15) is 0 Å². The van der Waals surface area contributed by atoms with E-state index < -0.39 is 6.29 Å². The first-order valence-corrected chi connectivity index (χ1v) is 8.23. The molecule has 0 spiro atoms. The molecular weight excluding hydrogens is 392 g/mol. The Morgan fingerprint density at radius 1 is 0.654 bits per heavy atom. The van der Waals surface area contributed by atoms with Crippen LogP contribution < -0.4 is 0 Å². The van der Waals surface area contributed by atoms with Gasteiger partial charge in [-0.3, -0.25) is 4.79 Å². The quantitative estimate of drug-likeness (QED) is 0.376. The van der Waals surface area contributed by atoms with Crippen LogP contribution in [-0.4, -0.2) is 12.1 Å². The molecular formula is C22H21BrO3. The molecule has 0 atom stereocenters. The number of carbonyl (C=O) groups excluding carboxylic acids is 1. The first-order valence-electron chi connectivity index (χ1n) is 8.23. The number of ether oxygens (including phenoxy) is 2. The van der Waals surface area contributed by atoms with Crippen LogP contribution in [-0.2, 0) is 22.7 Å². The van der Waals surface area contributed by atoms with Crippen molar-refractivity contribution in [3.63, 3.8) is 0 Å². The van der Waals surface area contributed by atoms with Gasteiger partial charge in [-0.15, -0.1) is 17.0 Å². The lowest BCUT2D eigenvalue weighted by atomic mass is 10.1. The van der Waals surface area contributed by atoms with Gasteiger partial charge in [0.1, 0.15) is 0 Å². The summed E-state index contributed by atoms with van der Waals surface area (Å²) in [4.78, 5) is 12.7. The Labute approximate surface area is 164 Å². The van der Waals surface area contributed by atoms with E-state index in [-0.39, 0.29) is 22.8 Å². The molecule has 134 valence electrons. The van der Waals surface area contributed by atoms with Crippen LogP contribution in [0.1, 0.15) is 21.5 Å². The Bertz CT molecular complexity index is 733. The number of carbonyl (C=O) groups is 1. The number of halogens is 1. The summed E-state index contributed by atoms with van der Waals surface area (Å²) in [6.45, 7) is 0.637. The summed E-state index contributed by atoms with van der Waals surface area (Å²) in [6, 6.07) is 28.6. The van der Waals surface area contributed by atoms with Gasteiger partial charge in [0.15, 0.2) is 0 Å². The van der Waals surface area contributed by atoms with Crippen molar-refractivity contribution < 1.29 is 14.3 Å². The second kappa shape index (κ2) is 10.7. The number of Topliss-reactive ketones (excluding diaryl/α,β-unsaturated/α-hetero) is 1. The van der Waals surface area contributed by atoms with Crippen molar-refractivity contribution in [1.82, 2.24) is 0 Å². The summed E-state index contributed by atoms with van der Waals surface area (Å²) in [5.74, 6) is -0.174. The van der Waals surface area contributed by atoms with E-state index in [1.807, 2.05) is 78.9 Å². The predicted octanol–water partition coefficient (Wildman–Crippen LogP) is 5.21. The number of hydrogen-bond donors (Lipinski definition) is 0. The van der Waals surface area contributed by atoms with E-state index in [2.05, 4.69) is 0 Å². The molecule has 0 unspecified atom stereocenters. The highest BCUT2D eigenvalue weighted by Crippen LogP contribution is 2.13. The molecule has 0 aliphatic rings. The molecule has 3 rings (SSSR count). The topological polar surface area (TPSA) is 35.5 Å². The van der Waals surface area contributed by atoms with Crippen molar-refractivity contribution >= 4 is 22.8 Å². The standard InChI is InChI=1S/C22H20O3.BrH/c23-21(20-14-8-3-9-15-20)22(24-16-18-10-4-1-5-11-18)25-17-19-12-6-2-7-13-19;/h1-15,22H,16-17H2;1H. The van der Waals surface area contributed by atoms with Gasteiger partial charge >= 0.3 is 0 Å². The zero-order chi connectivity index (χ0) is 17.3. The highest BCUT2D eigenvalue weighted by atomic mass is 79.9. The van der Waals surface area contributed by atoms with Gasteiger partial charge in [0.05, 0.1) is 13.2 Å². The maximum atomic E-state index is 12.7. The normalized spacial score (nSPS) is 10.3. The maximum Gasteiger partial charge on any atom is 0.223 e. The fourth-order valence-electron chi connectivity index (χ4n) is 2.43. The molecule has 3 aromatic rings. The first-order chi connectivity index (χ1) is 12.3. The smallest absolute Gasteiger partial charge is 0.223 e. The van der Waals surface area contributed by atoms with Crippen LogP contribution in [0.2, 0.25) is 0 Å². The van der Waals surface area contributed by atoms with Gasteiger partial charge < -0.3 is 9.47 Å². The van der Waals surface area contributed by atoms with Crippen LogP contribution in [0.4, 0.5) is 0 Å². The fourth-order valence-corrected chi connectivity index (χ4v) is 2.43. The average molecular weight is 413 g/mol. The zero-order valence-electron chi connectivity index (χ0n) is 14.3. The fraction of sp³-hybridized carbons (Fsp3) is 0.136. The Hall–Kier alpha value is -2.27. The minimum absolute atomic E-state index is 0. The molecule has 26 heavy (non-hydrogen) atoms. The molecule has 0 aliphatic carbocycles. The summed E-state index contributed by atoms with van der Waals surface area (Å²) in [6.07, 6.45) is -0.942. The van der Waals surface area contributed by atoms with E-state index in [0.717, 1.165) is 11.1 Å². The van der Waals surface area contributed by atoms with Crippen LogP contribution >= 0.6 is 17.0 Å². The van der Waals surface area contributed by atoms with Crippen LogP contribution in [0.5, 0.6) is 0 Å². The van der Waals surface area contributed by atoms with Gasteiger partial charge in [0, 0.05) is 5.56 Å². The molecule has 4 heteroatoms. The number of hydrogen-bond acceptors (Lipinski definition) is 3. The van der Waals surface area contributed by atoms with Gasteiger partial charge in [-0.1, -0.05) is 91.0 Å². The molecule has 0 fully saturated rings. The molecule has 0 heterocycles. The van der Waals surface area contributed by atoms with E-state index in [1.54, 1.807) is 12.1 Å². The minimum atomic E-state index is -0.942. The number of rotatable bonds is 8. The molecule has 0 aromatic heterocycles. The Kier molecular flexibility index (Phi) is 8.22. The molecule has 0 saturated carbocycles. The van der Waals surface area contributed by atoms with E-state index in [9.17, 15) is 4.79 Å². The summed E-state index contributed by atoms with van der Waals surface area (Å²) >= 11 is 0. The van der Waals surface area contributed by atoms with Crippen LogP contribution in [0.15, 0.2) is 91.0 Å². The third-order valence-corrected chi connectivity index (χ3v) is 3.76. The molecule has 0 aliphatic heterocycles. The number of ketones is 1. The Morgan fingerprint density at radius 3 is 1.46 bits per heavy atom. The lowest BCUT2D eigenvalue weighted by Crippen LogP contribution is -2.27. The molecule has 0 radical (unpaired) electrons. The van der Waals surface area contributed by atoms with E-state index in [1.165, 1.54) is 0 Å². The largest absolute Gasteiger partial charge is 0.341 e. The molecule has 0 N–H and O–H groups in total. The van der Waals surface area contributed by atoms with E-state index >= 15 is 0 Å². The average Bonchev–Trinajstić information content (AvgIpc) is 2.70.